The van der Waals surface area contributed by atoms with Crippen molar-refractivity contribution in [2.45, 2.75) is 46.1 Å². The van der Waals surface area contributed by atoms with E-state index in [0.717, 1.165) is 11.4 Å². The number of halogens is 1. The van der Waals surface area contributed by atoms with E-state index in [1.165, 1.54) is 4.90 Å². The smallest absolute Gasteiger partial charge is 0.261 e. The van der Waals surface area contributed by atoms with Crippen molar-refractivity contribution < 1.29 is 14.3 Å². The molecule has 0 fully saturated rings. The normalized spacial score (nSPS) is 11.4. The van der Waals surface area contributed by atoms with Gasteiger partial charge in [-0.3, -0.25) is 9.59 Å². The maximum atomic E-state index is 13.0. The minimum atomic E-state index is -0.314. The van der Waals surface area contributed by atoms with Crippen LogP contribution in [0, 0.1) is 0 Å². The van der Waals surface area contributed by atoms with Crippen molar-refractivity contribution in [1.29, 1.82) is 0 Å². The number of para-hydroxylation sites is 1. The number of hydrogen-bond acceptors (Lipinski definition) is 4. The fourth-order valence-corrected chi connectivity index (χ4v) is 3.38. The van der Waals surface area contributed by atoms with Crippen molar-refractivity contribution in [3.8, 4) is 11.4 Å². The first kappa shape index (κ1) is 25.3. The Labute approximate surface area is 205 Å². The van der Waals surface area contributed by atoms with Gasteiger partial charge in [-0.2, -0.15) is 5.10 Å². The largest absolute Gasteiger partial charge is 0.484 e. The predicted molar refractivity (Wildman–Crippen MR) is 135 cm³/mol. The van der Waals surface area contributed by atoms with Crippen LogP contribution in [0.3, 0.4) is 0 Å². The van der Waals surface area contributed by atoms with E-state index in [1.807, 2.05) is 50.2 Å². The number of rotatable bonds is 8. The summed E-state index contributed by atoms with van der Waals surface area (Å²) in [6, 6.07) is 18.1. The zero-order valence-electron chi connectivity index (χ0n) is 20.2. The van der Waals surface area contributed by atoms with Gasteiger partial charge in [-0.25, -0.2) is 4.68 Å². The highest BCUT2D eigenvalue weighted by molar-refractivity contribution is 6.30. The highest BCUT2D eigenvalue weighted by Crippen LogP contribution is 2.26. The summed E-state index contributed by atoms with van der Waals surface area (Å²) in [6.07, 6.45) is 0. The second-order valence-electron chi connectivity index (χ2n) is 9.32. The maximum absolute atomic E-state index is 13.0. The van der Waals surface area contributed by atoms with Crippen LogP contribution >= 0.6 is 11.6 Å². The Hall–Kier alpha value is -3.32. The molecule has 0 radical (unpaired) electrons. The number of carbonyl (C=O) groups excluding carboxylic acids is 2. The first-order chi connectivity index (χ1) is 16.0. The van der Waals surface area contributed by atoms with Crippen LogP contribution in [0.15, 0.2) is 60.7 Å². The van der Waals surface area contributed by atoms with Gasteiger partial charge in [-0.05, 0) is 50.2 Å². The standard InChI is InChI=1S/C26H31ClN4O3/c1-18(2)30(25(33)17-34-21-13-11-19(27)12-14-21)16-24(32)28-23-15-22(26(3,4)5)29-31(23)20-9-7-6-8-10-20/h6-15,18H,16-17H2,1-5H3,(H,28,32). The van der Waals surface area contributed by atoms with E-state index in [0.29, 0.717) is 16.6 Å². The third-order valence-electron chi connectivity index (χ3n) is 5.18. The van der Waals surface area contributed by atoms with Crippen molar-refractivity contribution >= 4 is 29.2 Å². The van der Waals surface area contributed by atoms with E-state index in [9.17, 15) is 9.59 Å². The minimum absolute atomic E-state index is 0.106. The molecule has 0 saturated heterocycles. The Kier molecular flexibility index (Phi) is 7.99. The van der Waals surface area contributed by atoms with Crippen LogP contribution in [0.5, 0.6) is 5.75 Å². The first-order valence-electron chi connectivity index (χ1n) is 11.2. The highest BCUT2D eigenvalue weighted by atomic mass is 35.5. The summed E-state index contributed by atoms with van der Waals surface area (Å²) in [7, 11) is 0. The van der Waals surface area contributed by atoms with Crippen LogP contribution in [-0.2, 0) is 15.0 Å². The van der Waals surface area contributed by atoms with E-state index in [-0.39, 0.29) is 36.4 Å². The Morgan fingerprint density at radius 1 is 1.09 bits per heavy atom. The van der Waals surface area contributed by atoms with Gasteiger partial charge in [0.1, 0.15) is 18.1 Å². The number of nitrogens with one attached hydrogen (secondary N) is 1. The molecule has 2 amide bonds. The van der Waals surface area contributed by atoms with Gasteiger partial charge in [0.25, 0.3) is 5.91 Å². The zero-order chi connectivity index (χ0) is 24.9. The molecule has 0 saturated carbocycles. The quantitative estimate of drug-likeness (QED) is 0.486. The summed E-state index contributed by atoms with van der Waals surface area (Å²) in [4.78, 5) is 27.3. The summed E-state index contributed by atoms with van der Waals surface area (Å²) < 4.78 is 7.29. The Morgan fingerprint density at radius 2 is 1.74 bits per heavy atom. The van der Waals surface area contributed by atoms with Crippen molar-refractivity contribution in [3.05, 3.63) is 71.4 Å². The SMILES string of the molecule is CC(C)N(CC(=O)Nc1cc(C(C)(C)C)nn1-c1ccccc1)C(=O)COc1ccc(Cl)cc1. The van der Waals surface area contributed by atoms with Gasteiger partial charge in [0, 0.05) is 22.5 Å². The van der Waals surface area contributed by atoms with Crippen LogP contribution in [0.25, 0.3) is 5.69 Å². The van der Waals surface area contributed by atoms with Gasteiger partial charge >= 0.3 is 0 Å². The monoisotopic (exact) mass is 482 g/mol. The zero-order valence-corrected chi connectivity index (χ0v) is 21.0. The van der Waals surface area contributed by atoms with E-state index >= 15 is 0 Å². The molecule has 0 spiro atoms. The lowest BCUT2D eigenvalue weighted by molar-refractivity contribution is -0.138. The second kappa shape index (κ2) is 10.7. The van der Waals surface area contributed by atoms with Gasteiger partial charge < -0.3 is 15.0 Å². The molecule has 0 atom stereocenters. The number of aromatic nitrogens is 2. The number of amides is 2. The van der Waals surface area contributed by atoms with Crippen molar-refractivity contribution in [1.82, 2.24) is 14.7 Å². The van der Waals surface area contributed by atoms with E-state index in [1.54, 1.807) is 28.9 Å². The molecule has 2 aromatic carbocycles. The summed E-state index contributed by atoms with van der Waals surface area (Å²) in [6.45, 7) is 9.63. The Morgan fingerprint density at radius 3 is 2.32 bits per heavy atom. The molecule has 1 aromatic heterocycles. The number of benzene rings is 2. The average Bonchev–Trinajstić information content (AvgIpc) is 3.21. The lowest BCUT2D eigenvalue weighted by Crippen LogP contribution is -2.44. The van der Waals surface area contributed by atoms with E-state index in [4.69, 9.17) is 21.4 Å². The number of nitrogens with zero attached hydrogens (tertiary/aromatic N) is 3. The fraction of sp³-hybridized carbons (Fsp3) is 0.346. The molecule has 180 valence electrons. The lowest BCUT2D eigenvalue weighted by Gasteiger charge is -2.26. The molecular weight excluding hydrogens is 452 g/mol. The molecule has 0 bridgehead atoms. The second-order valence-corrected chi connectivity index (χ2v) is 9.75. The molecule has 0 aliphatic rings. The first-order valence-corrected chi connectivity index (χ1v) is 11.6. The molecule has 0 aliphatic heterocycles. The van der Waals surface area contributed by atoms with Gasteiger partial charge in [-0.15, -0.1) is 0 Å². The minimum Gasteiger partial charge on any atom is -0.484 e. The predicted octanol–water partition coefficient (Wildman–Crippen LogP) is 5.08. The molecule has 0 aliphatic carbocycles. The highest BCUT2D eigenvalue weighted by Gasteiger charge is 2.24. The summed E-state index contributed by atoms with van der Waals surface area (Å²) in [5, 5.41) is 8.24. The fourth-order valence-electron chi connectivity index (χ4n) is 3.26. The summed E-state index contributed by atoms with van der Waals surface area (Å²) >= 11 is 5.89. The van der Waals surface area contributed by atoms with Crippen molar-refractivity contribution in [3.63, 3.8) is 0 Å². The molecule has 8 heteroatoms. The van der Waals surface area contributed by atoms with Crippen LogP contribution in [0.1, 0.15) is 40.3 Å². The average molecular weight is 483 g/mol. The van der Waals surface area contributed by atoms with Crippen LogP contribution in [0.2, 0.25) is 5.02 Å². The van der Waals surface area contributed by atoms with Gasteiger partial charge in [0.2, 0.25) is 5.91 Å². The third kappa shape index (κ3) is 6.60. The molecule has 7 nitrogen and oxygen atoms in total. The topological polar surface area (TPSA) is 76.5 Å². The maximum Gasteiger partial charge on any atom is 0.261 e. The van der Waals surface area contributed by atoms with E-state index < -0.39 is 0 Å². The Bertz CT molecular complexity index is 1120. The van der Waals surface area contributed by atoms with Crippen molar-refractivity contribution in [2.24, 2.45) is 0 Å². The molecular formula is C26H31ClN4O3. The number of carbonyl (C=O) groups is 2. The molecule has 1 N–H and O–H groups in total. The van der Waals surface area contributed by atoms with Gasteiger partial charge in [0.15, 0.2) is 6.61 Å². The van der Waals surface area contributed by atoms with E-state index in [2.05, 4.69) is 26.1 Å². The molecule has 0 unspecified atom stereocenters. The van der Waals surface area contributed by atoms with Gasteiger partial charge in [-0.1, -0.05) is 50.6 Å². The summed E-state index contributed by atoms with van der Waals surface area (Å²) in [5.41, 5.74) is 1.49. The molecule has 34 heavy (non-hydrogen) atoms. The third-order valence-corrected chi connectivity index (χ3v) is 5.43. The van der Waals surface area contributed by atoms with Crippen LogP contribution in [-0.4, -0.2) is 45.7 Å². The number of anilines is 1. The Balaban J connectivity index is 1.72. The van der Waals surface area contributed by atoms with Crippen molar-refractivity contribution in [2.75, 3.05) is 18.5 Å². The molecule has 3 aromatic rings. The van der Waals surface area contributed by atoms with Gasteiger partial charge in [0.05, 0.1) is 11.4 Å². The number of hydrogen-bond donors (Lipinski definition) is 1. The summed E-state index contributed by atoms with van der Waals surface area (Å²) in [5.74, 6) is 0.486. The van der Waals surface area contributed by atoms with Crippen LogP contribution in [0.4, 0.5) is 5.82 Å². The van der Waals surface area contributed by atoms with Crippen LogP contribution < -0.4 is 10.1 Å². The lowest BCUT2D eigenvalue weighted by atomic mass is 9.92. The molecule has 1 heterocycles. The number of ether oxygens (including phenoxy) is 1. The molecule has 3 rings (SSSR count).